The highest BCUT2D eigenvalue weighted by atomic mass is 32.2. The van der Waals surface area contributed by atoms with Crippen LogP contribution in [-0.4, -0.2) is 60.2 Å². The van der Waals surface area contributed by atoms with E-state index in [-0.39, 0.29) is 30.0 Å². The second kappa shape index (κ2) is 8.18. The van der Waals surface area contributed by atoms with E-state index in [0.717, 1.165) is 11.1 Å². The van der Waals surface area contributed by atoms with Crippen LogP contribution in [0.5, 0.6) is 0 Å². The maximum atomic E-state index is 13.0. The fraction of sp³-hybridized carbons (Fsp3) is 0.609. The summed E-state index contributed by atoms with van der Waals surface area (Å²) >= 11 is 0. The predicted molar refractivity (Wildman–Crippen MR) is 121 cm³/mol. The van der Waals surface area contributed by atoms with Gasteiger partial charge in [-0.2, -0.15) is 0 Å². The molecule has 2 atom stereocenters. The van der Waals surface area contributed by atoms with Crippen LogP contribution >= 0.6 is 0 Å². The Balaban J connectivity index is 1.27. The first-order valence-corrected chi connectivity index (χ1v) is 13.3. The zero-order valence-corrected chi connectivity index (χ0v) is 19.3. The minimum Gasteiger partial charge on any atom is -0.330 e. The Morgan fingerprint density at radius 2 is 1.94 bits per heavy atom. The van der Waals surface area contributed by atoms with Crippen LogP contribution in [0.1, 0.15) is 60.0 Å². The average Bonchev–Trinajstić information content (AvgIpc) is 3.08. The molecule has 4 N–H and O–H groups in total. The summed E-state index contributed by atoms with van der Waals surface area (Å²) < 4.78 is 24.8. The third-order valence-corrected chi connectivity index (χ3v) is 10.5. The summed E-state index contributed by atoms with van der Waals surface area (Å²) in [6, 6.07) is 5.03. The summed E-state index contributed by atoms with van der Waals surface area (Å²) in [6.45, 7) is 1.39. The quantitative estimate of drug-likeness (QED) is 0.519. The maximum absolute atomic E-state index is 13.0. The third kappa shape index (κ3) is 3.77. The molecule has 5 rings (SSSR count). The van der Waals surface area contributed by atoms with Crippen molar-refractivity contribution in [3.05, 3.63) is 34.9 Å². The smallest absolute Gasteiger partial charge is 0.255 e. The number of piperidine rings is 1. The highest BCUT2D eigenvalue weighted by molar-refractivity contribution is 7.92. The van der Waals surface area contributed by atoms with Gasteiger partial charge in [-0.1, -0.05) is 12.1 Å². The summed E-state index contributed by atoms with van der Waals surface area (Å²) in [5.41, 5.74) is 8.20. The molecule has 2 saturated heterocycles. The normalized spacial score (nSPS) is 33.1. The van der Waals surface area contributed by atoms with Crippen LogP contribution in [0.3, 0.4) is 0 Å². The number of hydrogen-bond acceptors (Lipinski definition) is 7. The standard InChI is InChI=1S/C23H30N4O5S/c24-11-14-8-23(9-14)10-16(6-7-33(23,31)32)25-12-15-2-1-3-17-18(15)13-27(22(17)30)19-4-5-20(28)26-21(19)29/h1-3,14,16,19,25H,4-13,24H2,(H,26,28,29). The lowest BCUT2D eigenvalue weighted by molar-refractivity contribution is -0.136. The van der Waals surface area contributed by atoms with Gasteiger partial charge in [0.15, 0.2) is 9.84 Å². The highest BCUT2D eigenvalue weighted by Crippen LogP contribution is 2.49. The minimum atomic E-state index is -3.10. The van der Waals surface area contributed by atoms with Crippen molar-refractivity contribution in [3.8, 4) is 0 Å². The number of hydrogen-bond donors (Lipinski definition) is 3. The molecule has 3 fully saturated rings. The van der Waals surface area contributed by atoms with Crippen molar-refractivity contribution in [2.75, 3.05) is 12.3 Å². The van der Waals surface area contributed by atoms with E-state index < -0.39 is 26.5 Å². The summed E-state index contributed by atoms with van der Waals surface area (Å²) in [7, 11) is -3.10. The van der Waals surface area contributed by atoms with Crippen LogP contribution < -0.4 is 16.4 Å². The Morgan fingerprint density at radius 1 is 1.15 bits per heavy atom. The summed E-state index contributed by atoms with van der Waals surface area (Å²) in [5.74, 6) is -0.429. The second-order valence-electron chi connectivity index (χ2n) is 9.93. The van der Waals surface area contributed by atoms with Crippen molar-refractivity contribution in [3.63, 3.8) is 0 Å². The van der Waals surface area contributed by atoms with Gasteiger partial charge in [0.25, 0.3) is 5.91 Å². The molecule has 1 saturated carbocycles. The van der Waals surface area contributed by atoms with Gasteiger partial charge in [-0.25, -0.2) is 8.42 Å². The van der Waals surface area contributed by atoms with Gasteiger partial charge in [0.1, 0.15) is 6.04 Å². The Bertz CT molecular complexity index is 1110. The number of amides is 3. The van der Waals surface area contributed by atoms with E-state index in [0.29, 0.717) is 63.2 Å². The number of carbonyl (C=O) groups excluding carboxylic acids is 3. The first-order chi connectivity index (χ1) is 15.7. The molecule has 0 radical (unpaired) electrons. The van der Waals surface area contributed by atoms with Gasteiger partial charge in [0.2, 0.25) is 11.8 Å². The maximum Gasteiger partial charge on any atom is 0.255 e. The fourth-order valence-corrected chi connectivity index (χ4v) is 8.48. The molecule has 3 aliphatic heterocycles. The lowest BCUT2D eigenvalue weighted by atomic mass is 9.70. The van der Waals surface area contributed by atoms with Crippen molar-refractivity contribution < 1.29 is 22.8 Å². The van der Waals surface area contributed by atoms with Gasteiger partial charge in [-0.15, -0.1) is 0 Å². The number of carbonyl (C=O) groups is 3. The number of imide groups is 1. The molecule has 178 valence electrons. The zero-order chi connectivity index (χ0) is 23.4. The molecule has 3 amide bonds. The molecular formula is C23H30N4O5S. The SMILES string of the molecule is NCC1CC2(C1)CC(NCc1cccc3c1CN(C1CCC(=O)NC1=O)C3=O)CCS2(=O)=O. The lowest BCUT2D eigenvalue weighted by Gasteiger charge is -2.50. The lowest BCUT2D eigenvalue weighted by Crippen LogP contribution is -2.59. The van der Waals surface area contributed by atoms with Crippen LogP contribution in [0.4, 0.5) is 0 Å². The molecule has 1 spiro atoms. The minimum absolute atomic E-state index is 0.0893. The fourth-order valence-electron chi connectivity index (χ4n) is 6.02. The number of sulfone groups is 1. The summed E-state index contributed by atoms with van der Waals surface area (Å²) in [5, 5.41) is 5.86. The van der Waals surface area contributed by atoms with E-state index >= 15 is 0 Å². The van der Waals surface area contributed by atoms with E-state index in [4.69, 9.17) is 5.73 Å². The summed E-state index contributed by atoms with van der Waals surface area (Å²) in [6.07, 6.45) is 3.04. The molecule has 1 aromatic carbocycles. The van der Waals surface area contributed by atoms with E-state index in [1.165, 1.54) is 0 Å². The Labute approximate surface area is 193 Å². The molecular weight excluding hydrogens is 444 g/mol. The van der Waals surface area contributed by atoms with Gasteiger partial charge in [-0.05, 0) is 61.8 Å². The number of nitrogens with zero attached hydrogens (tertiary/aromatic N) is 1. The number of nitrogens with two attached hydrogens (primary N) is 1. The monoisotopic (exact) mass is 474 g/mol. The molecule has 4 aliphatic rings. The molecule has 1 aliphatic carbocycles. The van der Waals surface area contributed by atoms with E-state index in [2.05, 4.69) is 10.6 Å². The van der Waals surface area contributed by atoms with Crippen molar-refractivity contribution >= 4 is 27.6 Å². The van der Waals surface area contributed by atoms with Crippen molar-refractivity contribution in [2.45, 2.75) is 68.4 Å². The topological polar surface area (TPSA) is 139 Å². The van der Waals surface area contributed by atoms with Gasteiger partial charge in [0, 0.05) is 31.1 Å². The van der Waals surface area contributed by atoms with Crippen LogP contribution in [0, 0.1) is 5.92 Å². The Kier molecular flexibility index (Phi) is 5.57. The predicted octanol–water partition coefficient (Wildman–Crippen LogP) is 0.222. The molecule has 33 heavy (non-hydrogen) atoms. The molecule has 3 heterocycles. The first-order valence-electron chi connectivity index (χ1n) is 11.6. The Morgan fingerprint density at radius 3 is 2.67 bits per heavy atom. The third-order valence-electron chi connectivity index (χ3n) is 7.93. The zero-order valence-electron chi connectivity index (χ0n) is 18.5. The van der Waals surface area contributed by atoms with Crippen LogP contribution in [0.2, 0.25) is 0 Å². The molecule has 10 heteroatoms. The van der Waals surface area contributed by atoms with E-state index in [9.17, 15) is 22.8 Å². The van der Waals surface area contributed by atoms with Crippen LogP contribution in [-0.2, 0) is 32.5 Å². The number of benzene rings is 1. The Hall–Kier alpha value is -2.30. The number of fused-ring (bicyclic) bond motifs is 1. The van der Waals surface area contributed by atoms with E-state index in [1.54, 1.807) is 11.0 Å². The molecule has 2 unspecified atom stereocenters. The first kappa shape index (κ1) is 22.5. The van der Waals surface area contributed by atoms with Crippen LogP contribution in [0.15, 0.2) is 18.2 Å². The highest BCUT2D eigenvalue weighted by Gasteiger charge is 2.55. The molecule has 0 aromatic heterocycles. The molecule has 1 aromatic rings. The molecule has 9 nitrogen and oxygen atoms in total. The number of rotatable bonds is 5. The van der Waals surface area contributed by atoms with Crippen molar-refractivity contribution in [1.82, 2.24) is 15.5 Å². The van der Waals surface area contributed by atoms with Gasteiger partial charge < -0.3 is 16.0 Å². The van der Waals surface area contributed by atoms with Crippen molar-refractivity contribution in [1.29, 1.82) is 0 Å². The van der Waals surface area contributed by atoms with Crippen molar-refractivity contribution in [2.24, 2.45) is 11.7 Å². The summed E-state index contributed by atoms with van der Waals surface area (Å²) in [4.78, 5) is 38.3. The van der Waals surface area contributed by atoms with Crippen LogP contribution in [0.25, 0.3) is 0 Å². The second-order valence-corrected chi connectivity index (χ2v) is 12.4. The largest absolute Gasteiger partial charge is 0.330 e. The van der Waals surface area contributed by atoms with Gasteiger partial charge in [0.05, 0.1) is 10.5 Å². The average molecular weight is 475 g/mol. The van der Waals surface area contributed by atoms with E-state index in [1.807, 2.05) is 12.1 Å². The van der Waals surface area contributed by atoms with Gasteiger partial charge in [-0.3, -0.25) is 19.7 Å². The number of nitrogens with one attached hydrogen (secondary N) is 2. The molecule has 0 bridgehead atoms. The van der Waals surface area contributed by atoms with Gasteiger partial charge >= 0.3 is 0 Å².